The predicted molar refractivity (Wildman–Crippen MR) is 76.1 cm³/mol. The second kappa shape index (κ2) is 4.75. The number of hydrogen-bond donors (Lipinski definition) is 2. The van der Waals surface area contributed by atoms with Gasteiger partial charge in [-0.2, -0.15) is 4.31 Å². The van der Waals surface area contributed by atoms with E-state index in [0.717, 1.165) is 19.3 Å². The maximum absolute atomic E-state index is 12.7. The molecule has 0 radical (unpaired) electrons. The summed E-state index contributed by atoms with van der Waals surface area (Å²) in [5, 5.41) is 0. The van der Waals surface area contributed by atoms with E-state index < -0.39 is 10.0 Å². The number of aromatic nitrogens is 2. The lowest BCUT2D eigenvalue weighted by molar-refractivity contribution is 0.379. The molecular formula is C13H17N3O3S. The average molecular weight is 295 g/mol. The van der Waals surface area contributed by atoms with Crippen LogP contribution in [-0.2, 0) is 10.0 Å². The summed E-state index contributed by atoms with van der Waals surface area (Å²) in [7, 11) is -3.48. The van der Waals surface area contributed by atoms with Gasteiger partial charge in [-0.25, -0.2) is 13.2 Å². The number of nitrogens with zero attached hydrogens (tertiary/aromatic N) is 1. The van der Waals surface area contributed by atoms with E-state index in [1.165, 1.54) is 6.07 Å². The van der Waals surface area contributed by atoms with Crippen molar-refractivity contribution in [3.05, 3.63) is 28.7 Å². The summed E-state index contributed by atoms with van der Waals surface area (Å²) in [5.41, 5.74) is 0.799. The van der Waals surface area contributed by atoms with E-state index >= 15 is 0 Å². The van der Waals surface area contributed by atoms with Gasteiger partial charge in [0.05, 0.1) is 15.9 Å². The van der Waals surface area contributed by atoms with Crippen molar-refractivity contribution >= 4 is 21.1 Å². The van der Waals surface area contributed by atoms with Crippen LogP contribution in [0.15, 0.2) is 27.9 Å². The molecule has 1 aliphatic heterocycles. The van der Waals surface area contributed by atoms with Gasteiger partial charge in [0.2, 0.25) is 10.0 Å². The maximum atomic E-state index is 12.7. The van der Waals surface area contributed by atoms with Crippen LogP contribution in [0.4, 0.5) is 0 Å². The first-order valence-electron chi connectivity index (χ1n) is 6.76. The van der Waals surface area contributed by atoms with Gasteiger partial charge in [-0.15, -0.1) is 0 Å². The van der Waals surface area contributed by atoms with Crippen LogP contribution in [0.3, 0.4) is 0 Å². The van der Waals surface area contributed by atoms with E-state index in [1.54, 1.807) is 16.4 Å². The number of hydrogen-bond acceptors (Lipinski definition) is 3. The summed E-state index contributed by atoms with van der Waals surface area (Å²) in [4.78, 5) is 16.7. The summed E-state index contributed by atoms with van der Waals surface area (Å²) < 4.78 is 26.9. The molecule has 1 saturated heterocycles. The molecule has 1 aromatic carbocycles. The smallest absolute Gasteiger partial charge is 0.306 e. The highest BCUT2D eigenvalue weighted by Crippen LogP contribution is 2.28. The zero-order chi connectivity index (χ0) is 14.3. The van der Waals surface area contributed by atoms with Gasteiger partial charge in [0.25, 0.3) is 0 Å². The zero-order valence-corrected chi connectivity index (χ0v) is 12.0. The molecule has 1 atom stereocenters. The molecule has 1 aliphatic rings. The topological polar surface area (TPSA) is 86.0 Å². The van der Waals surface area contributed by atoms with Crippen LogP contribution in [0.5, 0.6) is 0 Å². The molecule has 2 heterocycles. The number of aromatic amines is 2. The van der Waals surface area contributed by atoms with Crippen LogP contribution < -0.4 is 5.69 Å². The van der Waals surface area contributed by atoms with Crippen LogP contribution in [0, 0.1) is 0 Å². The molecule has 1 unspecified atom stereocenters. The molecule has 2 N–H and O–H groups in total. The fourth-order valence-corrected chi connectivity index (χ4v) is 4.64. The standard InChI is InChI=1S/C13H17N3O3S/c1-2-9-4-3-7-16(9)20(18,19)10-5-6-11-12(8-10)15-13(17)14-11/h5-6,8-9H,2-4,7H2,1H3,(H2,14,15,17). The fourth-order valence-electron chi connectivity index (χ4n) is 2.84. The van der Waals surface area contributed by atoms with Gasteiger partial charge in [-0.05, 0) is 37.5 Å². The molecule has 1 aromatic heterocycles. The number of imidazole rings is 1. The first kappa shape index (κ1) is 13.4. The largest absolute Gasteiger partial charge is 0.323 e. The van der Waals surface area contributed by atoms with Gasteiger partial charge >= 0.3 is 5.69 Å². The fraction of sp³-hybridized carbons (Fsp3) is 0.462. The van der Waals surface area contributed by atoms with Crippen molar-refractivity contribution in [2.75, 3.05) is 6.54 Å². The maximum Gasteiger partial charge on any atom is 0.323 e. The molecule has 0 amide bonds. The van der Waals surface area contributed by atoms with Gasteiger partial charge in [0, 0.05) is 12.6 Å². The Labute approximate surface area is 116 Å². The molecule has 0 saturated carbocycles. The van der Waals surface area contributed by atoms with Gasteiger partial charge in [-0.1, -0.05) is 6.92 Å². The Balaban J connectivity index is 2.06. The Bertz CT molecular complexity index is 791. The number of fused-ring (bicyclic) bond motifs is 1. The number of sulfonamides is 1. The van der Waals surface area contributed by atoms with Gasteiger partial charge in [0.1, 0.15) is 0 Å². The number of nitrogens with one attached hydrogen (secondary N) is 2. The van der Waals surface area contributed by atoms with Crippen molar-refractivity contribution in [2.24, 2.45) is 0 Å². The van der Waals surface area contributed by atoms with Crippen molar-refractivity contribution in [2.45, 2.75) is 37.1 Å². The van der Waals surface area contributed by atoms with E-state index in [0.29, 0.717) is 17.6 Å². The van der Waals surface area contributed by atoms with E-state index in [2.05, 4.69) is 9.97 Å². The van der Waals surface area contributed by atoms with Crippen LogP contribution in [0.25, 0.3) is 11.0 Å². The molecule has 108 valence electrons. The third-order valence-corrected chi connectivity index (χ3v) is 5.84. The lowest BCUT2D eigenvalue weighted by Gasteiger charge is -2.22. The highest BCUT2D eigenvalue weighted by molar-refractivity contribution is 7.89. The minimum absolute atomic E-state index is 0.0842. The summed E-state index contributed by atoms with van der Waals surface area (Å²) in [6.45, 7) is 2.58. The Hall–Kier alpha value is -1.60. The predicted octanol–water partition coefficient (Wildman–Crippen LogP) is 1.42. The molecule has 0 spiro atoms. The van der Waals surface area contributed by atoms with Crippen molar-refractivity contribution in [1.82, 2.24) is 14.3 Å². The Morgan fingerprint density at radius 1 is 1.30 bits per heavy atom. The molecule has 2 aromatic rings. The van der Waals surface area contributed by atoms with Gasteiger partial charge in [-0.3, -0.25) is 0 Å². The van der Waals surface area contributed by atoms with E-state index in [-0.39, 0.29) is 16.6 Å². The van der Waals surface area contributed by atoms with Crippen LogP contribution in [-0.4, -0.2) is 35.3 Å². The van der Waals surface area contributed by atoms with Crippen molar-refractivity contribution in [3.63, 3.8) is 0 Å². The molecule has 20 heavy (non-hydrogen) atoms. The Morgan fingerprint density at radius 2 is 2.05 bits per heavy atom. The minimum atomic E-state index is -3.48. The van der Waals surface area contributed by atoms with Crippen molar-refractivity contribution in [1.29, 1.82) is 0 Å². The third kappa shape index (κ3) is 2.06. The molecule has 1 fully saturated rings. The molecule has 3 rings (SSSR count). The van der Waals surface area contributed by atoms with Gasteiger partial charge in [0.15, 0.2) is 0 Å². The number of rotatable bonds is 3. The average Bonchev–Trinajstić information content (AvgIpc) is 3.02. The second-order valence-corrected chi connectivity index (χ2v) is 7.00. The number of benzene rings is 1. The SMILES string of the molecule is CCC1CCCN1S(=O)(=O)c1ccc2[nH]c(=O)[nH]c2c1. The Kier molecular flexibility index (Phi) is 3.18. The summed E-state index contributed by atoms with van der Waals surface area (Å²) in [6, 6.07) is 4.78. The van der Waals surface area contributed by atoms with Crippen molar-refractivity contribution < 1.29 is 8.42 Å². The molecule has 7 heteroatoms. The first-order chi connectivity index (χ1) is 9.52. The zero-order valence-electron chi connectivity index (χ0n) is 11.2. The lowest BCUT2D eigenvalue weighted by Crippen LogP contribution is -2.35. The molecular weight excluding hydrogens is 278 g/mol. The summed E-state index contributed by atoms with van der Waals surface area (Å²) >= 11 is 0. The lowest BCUT2D eigenvalue weighted by atomic mass is 10.2. The van der Waals surface area contributed by atoms with Crippen LogP contribution in [0.2, 0.25) is 0 Å². The van der Waals surface area contributed by atoms with E-state index in [4.69, 9.17) is 0 Å². The molecule has 0 aliphatic carbocycles. The monoisotopic (exact) mass is 295 g/mol. The summed E-state index contributed by atoms with van der Waals surface area (Å²) in [6.07, 6.45) is 2.64. The van der Waals surface area contributed by atoms with Crippen LogP contribution in [0.1, 0.15) is 26.2 Å². The quantitative estimate of drug-likeness (QED) is 0.898. The Morgan fingerprint density at radius 3 is 2.80 bits per heavy atom. The molecule has 6 nitrogen and oxygen atoms in total. The second-order valence-electron chi connectivity index (χ2n) is 5.11. The number of H-pyrrole nitrogens is 2. The normalized spacial score (nSPS) is 20.8. The third-order valence-electron chi connectivity index (χ3n) is 3.89. The van der Waals surface area contributed by atoms with Crippen molar-refractivity contribution in [3.8, 4) is 0 Å². The van der Waals surface area contributed by atoms with Gasteiger partial charge < -0.3 is 9.97 Å². The van der Waals surface area contributed by atoms with E-state index in [9.17, 15) is 13.2 Å². The van der Waals surface area contributed by atoms with Crippen LogP contribution >= 0.6 is 0 Å². The first-order valence-corrected chi connectivity index (χ1v) is 8.20. The minimum Gasteiger partial charge on any atom is -0.306 e. The summed E-state index contributed by atoms with van der Waals surface area (Å²) in [5.74, 6) is 0. The van der Waals surface area contributed by atoms with E-state index in [1.807, 2.05) is 6.92 Å². The molecule has 0 bridgehead atoms. The highest BCUT2D eigenvalue weighted by atomic mass is 32.2. The highest BCUT2D eigenvalue weighted by Gasteiger charge is 2.34.